The topological polar surface area (TPSA) is 98.3 Å². The molecule has 0 saturated carbocycles. The third-order valence-corrected chi connectivity index (χ3v) is 4.54. The first-order chi connectivity index (χ1) is 12.0. The molecule has 1 aliphatic rings. The second kappa shape index (κ2) is 6.96. The highest BCUT2D eigenvalue weighted by Gasteiger charge is 2.18. The molecule has 3 rings (SSSR count). The molecule has 132 valence electrons. The van der Waals surface area contributed by atoms with E-state index in [1.54, 1.807) is 0 Å². The van der Waals surface area contributed by atoms with Gasteiger partial charge in [0, 0.05) is 26.1 Å². The van der Waals surface area contributed by atoms with Crippen molar-refractivity contribution in [2.75, 3.05) is 24.3 Å². The van der Waals surface area contributed by atoms with Crippen molar-refractivity contribution in [2.24, 2.45) is 0 Å². The number of aromatic nitrogens is 2. The lowest BCUT2D eigenvalue weighted by Crippen LogP contribution is -2.23. The van der Waals surface area contributed by atoms with E-state index in [1.165, 1.54) is 0 Å². The highest BCUT2D eigenvalue weighted by molar-refractivity contribution is 5.88. The van der Waals surface area contributed by atoms with Gasteiger partial charge in [0.15, 0.2) is 0 Å². The first-order valence-corrected chi connectivity index (χ1v) is 8.35. The number of benzene rings is 1. The molecule has 7 nitrogen and oxygen atoms in total. The van der Waals surface area contributed by atoms with E-state index in [9.17, 15) is 9.59 Å². The number of H-pyrrole nitrogens is 1. The lowest BCUT2D eigenvalue weighted by atomic mass is 9.90. The Morgan fingerprint density at radius 1 is 1.28 bits per heavy atom. The Labute approximate surface area is 145 Å². The summed E-state index contributed by atoms with van der Waals surface area (Å²) in [4.78, 5) is 24.9. The molecular formula is C18H22N4O3. The normalized spacial score (nSPS) is 13.2. The first kappa shape index (κ1) is 17.0. The lowest BCUT2D eigenvalue weighted by molar-refractivity contribution is 0.210. The molecule has 0 unspecified atom stereocenters. The molecule has 0 spiro atoms. The number of hydrogen-bond acceptors (Lipinski definition) is 4. The maximum atomic E-state index is 12.0. The summed E-state index contributed by atoms with van der Waals surface area (Å²) in [6, 6.07) is 5.68. The fraction of sp³-hybridized carbons (Fsp3) is 0.389. The average molecular weight is 342 g/mol. The minimum Gasteiger partial charge on any atom is -0.465 e. The molecule has 0 atom stereocenters. The van der Waals surface area contributed by atoms with Crippen LogP contribution in [0.3, 0.4) is 0 Å². The molecule has 1 aromatic heterocycles. The second-order valence-electron chi connectivity index (χ2n) is 6.52. The molecular weight excluding hydrogens is 320 g/mol. The average Bonchev–Trinajstić information content (AvgIpc) is 2.57. The molecule has 3 N–H and O–H groups in total. The standard InChI is InChI=1S/C18H22N4O3/c1-22(2)16-8-7-11(10-15(16)19-18(24)25)9-14-12-5-3-4-6-13(12)17(23)21-20-14/h7-8,10,19H,3-6,9H2,1-2H3,(H,21,23)(H,24,25). The van der Waals surface area contributed by atoms with E-state index in [0.29, 0.717) is 12.1 Å². The molecule has 1 heterocycles. The van der Waals surface area contributed by atoms with Gasteiger partial charge in [-0.3, -0.25) is 10.1 Å². The van der Waals surface area contributed by atoms with Crippen LogP contribution in [0.4, 0.5) is 16.2 Å². The van der Waals surface area contributed by atoms with Crippen molar-refractivity contribution >= 4 is 17.5 Å². The van der Waals surface area contributed by atoms with Crippen molar-refractivity contribution in [2.45, 2.75) is 32.1 Å². The fourth-order valence-corrected chi connectivity index (χ4v) is 3.37. The number of carboxylic acid groups (broad SMARTS) is 1. The molecule has 0 fully saturated rings. The molecule has 1 amide bonds. The zero-order valence-electron chi connectivity index (χ0n) is 14.4. The Bertz CT molecular complexity index is 858. The SMILES string of the molecule is CN(C)c1ccc(Cc2n[nH]c(=O)c3c2CCCC3)cc1NC(=O)O. The Balaban J connectivity index is 1.96. The number of rotatable bonds is 4. The zero-order chi connectivity index (χ0) is 18.0. The second-order valence-corrected chi connectivity index (χ2v) is 6.52. The summed E-state index contributed by atoms with van der Waals surface area (Å²) in [6.45, 7) is 0. The van der Waals surface area contributed by atoms with Crippen LogP contribution in [0.1, 0.15) is 35.2 Å². The summed E-state index contributed by atoms with van der Waals surface area (Å²) >= 11 is 0. The molecule has 7 heteroatoms. The van der Waals surface area contributed by atoms with Crippen molar-refractivity contribution in [1.29, 1.82) is 0 Å². The maximum absolute atomic E-state index is 12.0. The minimum absolute atomic E-state index is 0.0883. The number of hydrogen-bond donors (Lipinski definition) is 3. The summed E-state index contributed by atoms with van der Waals surface area (Å²) in [5.41, 5.74) is 4.96. The molecule has 1 aromatic carbocycles. The van der Waals surface area contributed by atoms with Crippen LogP contribution in [0, 0.1) is 0 Å². The van der Waals surface area contributed by atoms with E-state index in [4.69, 9.17) is 5.11 Å². The predicted molar refractivity (Wildman–Crippen MR) is 96.7 cm³/mol. The van der Waals surface area contributed by atoms with Gasteiger partial charge in [-0.1, -0.05) is 6.07 Å². The maximum Gasteiger partial charge on any atom is 0.409 e. The van der Waals surface area contributed by atoms with E-state index in [0.717, 1.165) is 53.8 Å². The number of aromatic amines is 1. The number of nitrogens with one attached hydrogen (secondary N) is 2. The van der Waals surface area contributed by atoms with Crippen molar-refractivity contribution < 1.29 is 9.90 Å². The Kier molecular flexibility index (Phi) is 4.74. The van der Waals surface area contributed by atoms with Crippen LogP contribution in [0.15, 0.2) is 23.0 Å². The largest absolute Gasteiger partial charge is 0.465 e. The van der Waals surface area contributed by atoms with Gasteiger partial charge in [-0.05, 0) is 48.9 Å². The summed E-state index contributed by atoms with van der Waals surface area (Å²) in [5, 5.41) is 18.4. The van der Waals surface area contributed by atoms with Crippen molar-refractivity contribution in [3.8, 4) is 0 Å². The van der Waals surface area contributed by atoms with Crippen LogP contribution in [-0.2, 0) is 19.3 Å². The lowest BCUT2D eigenvalue weighted by Gasteiger charge is -2.19. The number of amides is 1. The molecule has 0 aliphatic heterocycles. The Hall–Kier alpha value is -2.83. The summed E-state index contributed by atoms with van der Waals surface area (Å²) in [7, 11) is 3.73. The smallest absolute Gasteiger partial charge is 0.409 e. The van der Waals surface area contributed by atoms with Gasteiger partial charge in [0.1, 0.15) is 0 Å². The van der Waals surface area contributed by atoms with Crippen LogP contribution in [0.25, 0.3) is 0 Å². The van der Waals surface area contributed by atoms with E-state index in [2.05, 4.69) is 15.5 Å². The molecule has 0 radical (unpaired) electrons. The summed E-state index contributed by atoms with van der Waals surface area (Å²) < 4.78 is 0. The van der Waals surface area contributed by atoms with Crippen LogP contribution in [0.2, 0.25) is 0 Å². The zero-order valence-corrected chi connectivity index (χ0v) is 14.4. The van der Waals surface area contributed by atoms with E-state index in [1.807, 2.05) is 37.2 Å². The van der Waals surface area contributed by atoms with Crippen molar-refractivity contribution in [3.63, 3.8) is 0 Å². The van der Waals surface area contributed by atoms with Gasteiger partial charge in [0.2, 0.25) is 0 Å². The number of nitrogens with zero attached hydrogens (tertiary/aromatic N) is 2. The Morgan fingerprint density at radius 2 is 2.00 bits per heavy atom. The molecule has 2 aromatic rings. The highest BCUT2D eigenvalue weighted by Crippen LogP contribution is 2.28. The number of carbonyl (C=O) groups is 1. The van der Waals surface area contributed by atoms with Gasteiger partial charge < -0.3 is 10.0 Å². The quantitative estimate of drug-likeness (QED) is 0.792. The molecule has 25 heavy (non-hydrogen) atoms. The van der Waals surface area contributed by atoms with Crippen molar-refractivity contribution in [1.82, 2.24) is 10.2 Å². The van der Waals surface area contributed by atoms with E-state index >= 15 is 0 Å². The van der Waals surface area contributed by atoms with Gasteiger partial charge in [0.05, 0.1) is 17.1 Å². The molecule has 0 saturated heterocycles. The van der Waals surface area contributed by atoms with Gasteiger partial charge >= 0.3 is 6.09 Å². The van der Waals surface area contributed by atoms with Gasteiger partial charge in [-0.2, -0.15) is 5.10 Å². The van der Waals surface area contributed by atoms with E-state index in [-0.39, 0.29) is 5.56 Å². The van der Waals surface area contributed by atoms with Gasteiger partial charge in [-0.25, -0.2) is 9.89 Å². The monoisotopic (exact) mass is 342 g/mol. The van der Waals surface area contributed by atoms with E-state index < -0.39 is 6.09 Å². The van der Waals surface area contributed by atoms with Crippen molar-refractivity contribution in [3.05, 3.63) is 50.9 Å². The Morgan fingerprint density at radius 3 is 2.68 bits per heavy atom. The van der Waals surface area contributed by atoms with Gasteiger partial charge in [-0.15, -0.1) is 0 Å². The number of anilines is 2. The molecule has 0 bridgehead atoms. The number of fused-ring (bicyclic) bond motifs is 1. The summed E-state index contributed by atoms with van der Waals surface area (Å²) in [5.74, 6) is 0. The van der Waals surface area contributed by atoms with Crippen LogP contribution in [-0.4, -0.2) is 35.5 Å². The molecule has 1 aliphatic carbocycles. The van der Waals surface area contributed by atoms with Gasteiger partial charge in [0.25, 0.3) is 5.56 Å². The minimum atomic E-state index is -1.10. The van der Waals surface area contributed by atoms with Crippen LogP contribution < -0.4 is 15.8 Å². The van der Waals surface area contributed by atoms with Crippen LogP contribution in [0.5, 0.6) is 0 Å². The fourth-order valence-electron chi connectivity index (χ4n) is 3.37. The third-order valence-electron chi connectivity index (χ3n) is 4.54. The predicted octanol–water partition coefficient (Wildman–Crippen LogP) is 2.40. The van der Waals surface area contributed by atoms with Crippen LogP contribution >= 0.6 is 0 Å². The highest BCUT2D eigenvalue weighted by atomic mass is 16.4. The summed E-state index contributed by atoms with van der Waals surface area (Å²) in [6.07, 6.45) is 3.23. The third kappa shape index (κ3) is 3.65. The first-order valence-electron chi connectivity index (χ1n) is 8.35.